The van der Waals surface area contributed by atoms with Gasteiger partial charge in [-0.1, -0.05) is 71.9 Å². The van der Waals surface area contributed by atoms with E-state index in [0.29, 0.717) is 28.9 Å². The molecule has 6 rings (SSSR count). The first-order valence-corrected chi connectivity index (χ1v) is 14.6. The van der Waals surface area contributed by atoms with Crippen molar-refractivity contribution in [2.45, 2.75) is 25.4 Å². The van der Waals surface area contributed by atoms with E-state index in [9.17, 15) is 33.0 Å². The van der Waals surface area contributed by atoms with Crippen LogP contribution in [0.4, 0.5) is 13.2 Å². The van der Waals surface area contributed by atoms with Gasteiger partial charge in [0.15, 0.2) is 0 Å². The molecular formula is C34H25F3N6O6. The van der Waals surface area contributed by atoms with E-state index in [1.165, 1.54) is 18.2 Å². The monoisotopic (exact) mass is 670 g/mol. The van der Waals surface area contributed by atoms with Crippen LogP contribution in [0, 0.1) is 0 Å². The molecule has 248 valence electrons. The highest BCUT2D eigenvalue weighted by Gasteiger charge is 2.31. The molecule has 0 radical (unpaired) electrons. The Balaban J connectivity index is 1.21. The Morgan fingerprint density at radius 2 is 1.33 bits per heavy atom. The number of rotatable bonds is 11. The van der Waals surface area contributed by atoms with E-state index in [-0.39, 0.29) is 29.1 Å². The maximum Gasteiger partial charge on any atom is 0.416 e. The summed E-state index contributed by atoms with van der Waals surface area (Å²) in [5.74, 6) is -2.35. The third kappa shape index (κ3) is 7.25. The molecule has 2 heterocycles. The van der Waals surface area contributed by atoms with Gasteiger partial charge in [-0.2, -0.15) is 13.2 Å². The minimum absolute atomic E-state index is 0.0774. The maximum atomic E-state index is 13.7. The van der Waals surface area contributed by atoms with Crippen molar-refractivity contribution in [3.63, 3.8) is 0 Å². The summed E-state index contributed by atoms with van der Waals surface area (Å²) in [6, 6.07) is 24.7. The van der Waals surface area contributed by atoms with Crippen molar-refractivity contribution >= 4 is 11.9 Å². The summed E-state index contributed by atoms with van der Waals surface area (Å²) in [6.45, 7) is 1.98. The SMILES string of the molecule is CC(Cc1ccc(C(F)(F)F)cc1-c1ccc(Oc2[nH]nnc2C(=O)O)cc1)c1ccc(-c2cccc(Oc3[nH]nnc3C(=O)O)c2)cc1. The molecule has 0 saturated carbocycles. The van der Waals surface area contributed by atoms with Gasteiger partial charge in [0.1, 0.15) is 11.5 Å². The fraction of sp³-hybridized carbons (Fsp3) is 0.118. The number of hydrogen-bond donors (Lipinski definition) is 4. The molecule has 0 fully saturated rings. The number of nitrogens with one attached hydrogen (secondary N) is 2. The molecule has 0 bridgehead atoms. The largest absolute Gasteiger partial charge is 0.476 e. The number of aromatic nitrogens is 6. The highest BCUT2D eigenvalue weighted by Crippen LogP contribution is 2.37. The molecule has 0 aliphatic heterocycles. The van der Waals surface area contributed by atoms with Crippen LogP contribution in [-0.4, -0.2) is 53.0 Å². The van der Waals surface area contributed by atoms with Crippen LogP contribution in [0.3, 0.4) is 0 Å². The Morgan fingerprint density at radius 1 is 0.735 bits per heavy atom. The number of nitrogens with zero attached hydrogens (tertiary/aromatic N) is 4. The van der Waals surface area contributed by atoms with E-state index in [0.717, 1.165) is 28.8 Å². The number of alkyl halides is 3. The van der Waals surface area contributed by atoms with E-state index in [1.54, 1.807) is 30.3 Å². The summed E-state index contributed by atoms with van der Waals surface area (Å²) in [4.78, 5) is 22.6. The number of benzene rings is 4. The predicted octanol–water partition coefficient (Wildman–Crippen LogP) is 7.60. The standard InChI is InChI=1S/C34H25F3N6O6/c1-18(19-5-7-20(8-6-19)22-3-2-4-26(16-22)49-31-29(33(46)47)39-43-41-31)15-23-9-12-24(34(35,36)37)17-27(23)21-10-13-25(14-11-21)48-30-28(32(44)45)38-42-40-30/h2-14,16-18H,15H2,1H3,(H,44,45)(H,46,47)(H,38,40,42)(H,39,41,43). The van der Waals surface area contributed by atoms with Gasteiger partial charge in [-0.15, -0.1) is 10.2 Å². The van der Waals surface area contributed by atoms with E-state index in [1.807, 2.05) is 37.3 Å². The van der Waals surface area contributed by atoms with E-state index >= 15 is 0 Å². The number of carbonyl (C=O) groups is 2. The van der Waals surface area contributed by atoms with Crippen molar-refractivity contribution in [3.8, 4) is 45.5 Å². The molecule has 15 heteroatoms. The van der Waals surface area contributed by atoms with Crippen molar-refractivity contribution in [3.05, 3.63) is 119 Å². The second-order valence-corrected chi connectivity index (χ2v) is 10.9. The van der Waals surface area contributed by atoms with Crippen molar-refractivity contribution in [1.29, 1.82) is 0 Å². The van der Waals surface area contributed by atoms with Gasteiger partial charge in [0, 0.05) is 0 Å². The first-order valence-electron chi connectivity index (χ1n) is 14.6. The molecule has 4 aromatic carbocycles. The molecule has 49 heavy (non-hydrogen) atoms. The summed E-state index contributed by atoms with van der Waals surface area (Å²) in [7, 11) is 0. The average Bonchev–Trinajstić information content (AvgIpc) is 3.75. The molecule has 1 atom stereocenters. The summed E-state index contributed by atoms with van der Waals surface area (Å²) >= 11 is 0. The lowest BCUT2D eigenvalue weighted by atomic mass is 9.88. The third-order valence-corrected chi connectivity index (χ3v) is 7.65. The normalized spacial score (nSPS) is 12.0. The molecule has 1 unspecified atom stereocenters. The van der Waals surface area contributed by atoms with Crippen molar-refractivity contribution in [2.75, 3.05) is 0 Å². The molecule has 0 aliphatic carbocycles. The Kier molecular flexibility index (Phi) is 8.81. The number of halogens is 3. The van der Waals surface area contributed by atoms with Crippen LogP contribution in [0.5, 0.6) is 23.3 Å². The van der Waals surface area contributed by atoms with Crippen LogP contribution in [-0.2, 0) is 12.6 Å². The second-order valence-electron chi connectivity index (χ2n) is 10.9. The highest BCUT2D eigenvalue weighted by molar-refractivity contribution is 5.88. The number of ether oxygens (including phenoxy) is 2. The predicted molar refractivity (Wildman–Crippen MR) is 168 cm³/mol. The zero-order valence-corrected chi connectivity index (χ0v) is 25.4. The molecule has 0 amide bonds. The Bertz CT molecular complexity index is 2130. The van der Waals surface area contributed by atoms with Crippen LogP contribution < -0.4 is 9.47 Å². The van der Waals surface area contributed by atoms with Gasteiger partial charge in [0.05, 0.1) is 5.56 Å². The second kappa shape index (κ2) is 13.3. The van der Waals surface area contributed by atoms with E-state index in [2.05, 4.69) is 30.8 Å². The lowest BCUT2D eigenvalue weighted by molar-refractivity contribution is -0.137. The molecule has 2 aromatic heterocycles. The number of hydrogen-bond acceptors (Lipinski definition) is 8. The van der Waals surface area contributed by atoms with Gasteiger partial charge in [-0.3, -0.25) is 0 Å². The number of H-pyrrole nitrogens is 2. The topological polar surface area (TPSA) is 176 Å². The van der Waals surface area contributed by atoms with Gasteiger partial charge in [-0.25, -0.2) is 19.8 Å². The fourth-order valence-electron chi connectivity index (χ4n) is 5.19. The number of carboxylic acid groups (broad SMARTS) is 2. The lowest BCUT2D eigenvalue weighted by Crippen LogP contribution is -2.07. The third-order valence-electron chi connectivity index (χ3n) is 7.65. The van der Waals surface area contributed by atoms with E-state index < -0.39 is 29.4 Å². The summed E-state index contributed by atoms with van der Waals surface area (Å²) in [6.07, 6.45) is -4.12. The van der Waals surface area contributed by atoms with Gasteiger partial charge < -0.3 is 19.7 Å². The van der Waals surface area contributed by atoms with Crippen LogP contribution in [0.1, 0.15) is 50.5 Å². The van der Waals surface area contributed by atoms with Crippen LogP contribution in [0.25, 0.3) is 22.3 Å². The number of aromatic carboxylic acids is 2. The van der Waals surface area contributed by atoms with Gasteiger partial charge >= 0.3 is 18.1 Å². The lowest BCUT2D eigenvalue weighted by Gasteiger charge is -2.18. The quantitative estimate of drug-likeness (QED) is 0.107. The maximum absolute atomic E-state index is 13.7. The summed E-state index contributed by atoms with van der Waals surface area (Å²) in [5, 5.41) is 37.1. The molecule has 4 N–H and O–H groups in total. The van der Waals surface area contributed by atoms with E-state index in [4.69, 9.17) is 9.47 Å². The Labute approximate surface area is 275 Å². The fourth-order valence-corrected chi connectivity index (χ4v) is 5.19. The molecular weight excluding hydrogens is 645 g/mol. The van der Waals surface area contributed by atoms with Gasteiger partial charge in [0.25, 0.3) is 11.8 Å². The van der Waals surface area contributed by atoms with Gasteiger partial charge in [0.2, 0.25) is 11.4 Å². The minimum Gasteiger partial charge on any atom is -0.476 e. The molecule has 0 aliphatic rings. The van der Waals surface area contributed by atoms with Crippen molar-refractivity contribution < 1.29 is 42.4 Å². The molecule has 12 nitrogen and oxygen atoms in total. The van der Waals surface area contributed by atoms with Crippen LogP contribution in [0.2, 0.25) is 0 Å². The molecule has 0 saturated heterocycles. The van der Waals surface area contributed by atoms with Crippen molar-refractivity contribution in [2.24, 2.45) is 0 Å². The average molecular weight is 671 g/mol. The first-order chi connectivity index (χ1) is 23.5. The highest BCUT2D eigenvalue weighted by atomic mass is 19.4. The first kappa shape index (κ1) is 32.4. The summed E-state index contributed by atoms with van der Waals surface area (Å²) in [5.41, 5.74) is 2.70. The minimum atomic E-state index is -4.55. The molecule has 0 spiro atoms. The van der Waals surface area contributed by atoms with Crippen LogP contribution in [0.15, 0.2) is 91.0 Å². The van der Waals surface area contributed by atoms with Gasteiger partial charge in [-0.05, 0) is 82.1 Å². The Hall–Kier alpha value is -6.51. The summed E-state index contributed by atoms with van der Waals surface area (Å²) < 4.78 is 52.4. The zero-order chi connectivity index (χ0) is 34.7. The van der Waals surface area contributed by atoms with Crippen LogP contribution >= 0.6 is 0 Å². The van der Waals surface area contributed by atoms with Crippen molar-refractivity contribution in [1.82, 2.24) is 30.8 Å². The Morgan fingerprint density at radius 3 is 1.92 bits per heavy atom. The zero-order valence-electron chi connectivity index (χ0n) is 25.4. The molecule has 6 aromatic rings. The number of aromatic amines is 2. The number of carboxylic acids is 2. The smallest absolute Gasteiger partial charge is 0.416 e.